The largest absolute Gasteiger partial charge is 0.476 e. The molecule has 0 N–H and O–H groups in total. The van der Waals surface area contributed by atoms with Crippen molar-refractivity contribution in [2.24, 2.45) is 0 Å². The monoisotopic (exact) mass is 332 g/mol. The quantitative estimate of drug-likeness (QED) is 0.420. The van der Waals surface area contributed by atoms with Crippen LogP contribution >= 0.6 is 24.0 Å². The van der Waals surface area contributed by atoms with Gasteiger partial charge in [-0.05, 0) is 0 Å². The predicted octanol–water partition coefficient (Wildman–Crippen LogP) is 2.30. The first-order valence-electron chi connectivity index (χ1n) is 1.85. The Bertz CT molecular complexity index is 164. The summed E-state index contributed by atoms with van der Waals surface area (Å²) >= 11 is 0. The Morgan fingerprint density at radius 3 is 0.917 bits per heavy atom. The normalized spacial score (nSPS) is 10.3. The van der Waals surface area contributed by atoms with Crippen molar-refractivity contribution in [1.29, 1.82) is 0 Å². The number of hydrogen-bond acceptors (Lipinski definition) is 2. The summed E-state index contributed by atoms with van der Waals surface area (Å²) in [6.45, 7) is 0. The smallest absolute Gasteiger partial charge is 0.204 e. The fourth-order valence-corrected chi connectivity index (χ4v) is 0. The fourth-order valence-electron chi connectivity index (χ4n) is 0. The van der Waals surface area contributed by atoms with Crippen molar-refractivity contribution in [2.75, 3.05) is 0 Å². The second-order valence-corrected chi connectivity index (χ2v) is 1.80. The Kier molecular flexibility index (Phi) is 11.9. The number of rotatable bonds is 1. The molecule has 0 aromatic heterocycles. The van der Waals surface area contributed by atoms with Gasteiger partial charge in [0.05, 0.1) is 0 Å². The molecule has 0 spiro atoms. The van der Waals surface area contributed by atoms with E-state index in [0.717, 1.165) is 0 Å². The van der Waals surface area contributed by atoms with Crippen LogP contribution in [0, 0.1) is 0 Å². The van der Waals surface area contributed by atoms with Crippen molar-refractivity contribution in [3.63, 3.8) is 0 Å². The van der Waals surface area contributed by atoms with Gasteiger partial charge in [0.1, 0.15) is 0 Å². The van der Waals surface area contributed by atoms with Crippen molar-refractivity contribution < 1.29 is 33.8 Å². The first-order valence-corrected chi connectivity index (χ1v) is 3.13. The molecule has 0 aliphatic rings. The van der Waals surface area contributed by atoms with Crippen LogP contribution in [0.3, 0.4) is 0 Å². The molecule has 0 saturated carbocycles. The minimum atomic E-state index is -5.67. The van der Waals surface area contributed by atoms with Crippen molar-refractivity contribution in [2.45, 2.75) is 12.9 Å². The number of halogens is 7. The molecule has 0 amide bonds. The van der Waals surface area contributed by atoms with E-state index in [1.165, 1.54) is 0 Å². The minimum absolute atomic E-state index is 0. The Morgan fingerprint density at radius 2 is 0.917 bits per heavy atom. The summed E-state index contributed by atoms with van der Waals surface area (Å²) < 4.78 is 78.2. The minimum Gasteiger partial charge on any atom is -0.204 e. The van der Waals surface area contributed by atoms with E-state index in [2.05, 4.69) is 0 Å². The van der Waals surface area contributed by atoms with Crippen LogP contribution in [0.2, 0.25) is 0 Å². The van der Waals surface area contributed by atoms with Gasteiger partial charge in [-0.25, -0.2) is 17.6 Å². The van der Waals surface area contributed by atoms with E-state index in [1.807, 2.05) is 0 Å². The second-order valence-electron chi connectivity index (χ2n) is 1.05. The molecule has 0 heterocycles. The van der Waals surface area contributed by atoms with Crippen molar-refractivity contribution >= 4 is 34.6 Å². The van der Waals surface area contributed by atoms with Gasteiger partial charge in [0.2, 0.25) is 0 Å². The van der Waals surface area contributed by atoms with Crippen LogP contribution in [0.5, 0.6) is 0 Å². The van der Waals surface area contributed by atoms with E-state index in [1.54, 1.807) is 0 Å². The zero-order chi connectivity index (χ0) is 9.65. The summed E-state index contributed by atoms with van der Waals surface area (Å²) in [4.78, 5) is 0. The van der Waals surface area contributed by atoms with Gasteiger partial charge >= 0.3 is 10.6 Å². The molecule has 0 aliphatic carbocycles. The lowest BCUT2D eigenvalue weighted by Crippen LogP contribution is -2.02. The maximum Gasteiger partial charge on any atom is 0.476 e. The van der Waals surface area contributed by atoms with Crippen LogP contribution in [0.15, 0.2) is 0 Å². The fraction of sp³-hybridized carbons (Fsp3) is 1.00. The topological polar surface area (TPSA) is 34.1 Å². The zero-order valence-electron chi connectivity index (χ0n) is 5.06. The van der Waals surface area contributed by atoms with Gasteiger partial charge in [-0.3, -0.25) is 0 Å². The molecule has 0 aromatic rings. The average Bonchev–Trinajstić information content (AvgIpc) is 1.59. The van der Waals surface area contributed by atoms with E-state index >= 15 is 0 Å². The molecule has 0 fully saturated rings. The molecule has 0 rings (SSSR count). The maximum absolute atomic E-state index is 10.4. The van der Waals surface area contributed by atoms with Crippen molar-refractivity contribution in [3.8, 4) is 0 Å². The Morgan fingerprint density at radius 1 is 0.833 bits per heavy atom. The summed E-state index contributed by atoms with van der Waals surface area (Å²) in [6.07, 6.45) is -6.96. The first-order chi connectivity index (χ1) is 4.64. The molecule has 0 radical (unpaired) electrons. The molecule has 0 aromatic carbocycles. The highest BCUT2D eigenvalue weighted by molar-refractivity contribution is 14.0. The van der Waals surface area contributed by atoms with E-state index in [-0.39, 0.29) is 24.0 Å². The summed E-state index contributed by atoms with van der Waals surface area (Å²) in [7, 11) is -5.67. The molecular weight excluding hydrogens is 329 g/mol. The van der Waals surface area contributed by atoms with Gasteiger partial charge in [0.15, 0.2) is 0 Å². The summed E-state index contributed by atoms with van der Waals surface area (Å²) in [6, 6.07) is 0. The number of alkyl halides is 4. The average molecular weight is 332 g/mol. The van der Waals surface area contributed by atoms with Crippen LogP contribution < -0.4 is 0 Å². The highest BCUT2D eigenvalue weighted by Crippen LogP contribution is 2.04. The molecule has 2 nitrogen and oxygen atoms in total. The Balaban J connectivity index is -0.000000126. The van der Waals surface area contributed by atoms with Gasteiger partial charge in [0.25, 0.3) is 12.9 Å². The Labute approximate surface area is 81.5 Å². The van der Waals surface area contributed by atoms with Gasteiger partial charge in [-0.1, -0.05) is 7.77 Å². The van der Waals surface area contributed by atoms with Gasteiger partial charge in [-0.15, -0.1) is 24.0 Å². The van der Waals surface area contributed by atoms with E-state index < -0.39 is 23.5 Å². The molecule has 0 aliphatic heterocycles. The van der Waals surface area contributed by atoms with Crippen LogP contribution in [-0.4, -0.2) is 21.3 Å². The summed E-state index contributed by atoms with van der Waals surface area (Å²) in [5.41, 5.74) is 0. The second kappa shape index (κ2) is 7.89. The van der Waals surface area contributed by atoms with E-state index in [0.29, 0.717) is 0 Å². The molecule has 10 heteroatoms. The summed E-state index contributed by atoms with van der Waals surface area (Å²) in [5, 5.41) is 0. The molecule has 12 heavy (non-hydrogen) atoms. The van der Waals surface area contributed by atoms with Gasteiger partial charge in [-0.2, -0.15) is 8.42 Å². The lowest BCUT2D eigenvalue weighted by Gasteiger charge is -1.89. The lowest BCUT2D eigenvalue weighted by molar-refractivity contribution is -0.0278. The third kappa shape index (κ3) is 48.5. The SMILES string of the molecule is FC(F)C(F)F.I.O=S(=O)(F)F. The molecule has 0 unspecified atom stereocenters. The molecule has 78 valence electrons. The van der Waals surface area contributed by atoms with Crippen LogP contribution in [0.4, 0.5) is 25.3 Å². The predicted molar refractivity (Wildman–Crippen MR) is 38.6 cm³/mol. The van der Waals surface area contributed by atoms with E-state index in [9.17, 15) is 25.3 Å². The van der Waals surface area contributed by atoms with Gasteiger partial charge < -0.3 is 0 Å². The molecule has 0 atom stereocenters. The number of hydrogen-bond donors (Lipinski definition) is 0. The standard InChI is InChI=1S/C2H2F4.F2O2S.HI/c3-1(4)2(5)6;1-5(2,3)4;/h1-2H;;1H. The Hall–Kier alpha value is 0.260. The zero-order valence-corrected chi connectivity index (χ0v) is 8.20. The van der Waals surface area contributed by atoms with Gasteiger partial charge in [0, 0.05) is 0 Å². The molecular formula is C2H3F6IO2S. The lowest BCUT2D eigenvalue weighted by atomic mass is 10.8. The van der Waals surface area contributed by atoms with Crippen molar-refractivity contribution in [1.82, 2.24) is 0 Å². The first kappa shape index (κ1) is 18.1. The highest BCUT2D eigenvalue weighted by Gasteiger charge is 2.15. The highest BCUT2D eigenvalue weighted by atomic mass is 127. The van der Waals surface area contributed by atoms with E-state index in [4.69, 9.17) is 8.42 Å². The summed E-state index contributed by atoms with van der Waals surface area (Å²) in [5.74, 6) is 0. The third-order valence-corrected chi connectivity index (χ3v) is 0.190. The van der Waals surface area contributed by atoms with Crippen LogP contribution in [0.1, 0.15) is 0 Å². The van der Waals surface area contributed by atoms with Crippen LogP contribution in [-0.2, 0) is 10.6 Å². The molecule has 0 bridgehead atoms. The van der Waals surface area contributed by atoms with Crippen molar-refractivity contribution in [3.05, 3.63) is 0 Å². The molecule has 0 saturated heterocycles. The maximum atomic E-state index is 10.4. The van der Waals surface area contributed by atoms with Crippen LogP contribution in [0.25, 0.3) is 0 Å². The third-order valence-electron chi connectivity index (χ3n) is 0.190.